The number of carbonyl (C=O) groups is 1. The Morgan fingerprint density at radius 2 is 2.20 bits per heavy atom. The largest absolute Gasteiger partial charge is 0.463 e. The van der Waals surface area contributed by atoms with Gasteiger partial charge in [0.1, 0.15) is 5.10 Å². The van der Waals surface area contributed by atoms with Crippen molar-refractivity contribution >= 4 is 11.9 Å². The maximum Gasteiger partial charge on any atom is 0.338 e. The normalized spacial score (nSPS) is 20.1. The van der Waals surface area contributed by atoms with Gasteiger partial charge in [0.2, 0.25) is 6.79 Å². The minimum atomic E-state index is -0.825. The van der Waals surface area contributed by atoms with Crippen molar-refractivity contribution in [2.45, 2.75) is 19.9 Å². The van der Waals surface area contributed by atoms with Crippen LogP contribution in [0.2, 0.25) is 0 Å². The van der Waals surface area contributed by atoms with Gasteiger partial charge in [-0.1, -0.05) is 6.07 Å². The number of benzene rings is 1. The predicted octanol–water partition coefficient (Wildman–Crippen LogP) is 1.03. The van der Waals surface area contributed by atoms with Gasteiger partial charge in [-0.05, 0) is 31.5 Å². The standard InChI is InChI=1S/C15H16N4O6/c1-3-23-14(20)12-8(2)16-15(18-19(21)22)17-13(12)9-4-5-10-11(6-9)25-7-24-10/h4-6,13H,3,7H2,1-2H3,(H2,16,17,18)/t13-/m0/s1. The highest BCUT2D eigenvalue weighted by molar-refractivity contribution is 5.96. The van der Waals surface area contributed by atoms with Crippen LogP contribution in [0.25, 0.3) is 0 Å². The Hall–Kier alpha value is -3.30. The third kappa shape index (κ3) is 3.32. The molecule has 2 aliphatic rings. The van der Waals surface area contributed by atoms with Crippen molar-refractivity contribution in [2.75, 3.05) is 13.4 Å². The molecule has 132 valence electrons. The van der Waals surface area contributed by atoms with E-state index in [1.54, 1.807) is 32.0 Å². The van der Waals surface area contributed by atoms with E-state index in [4.69, 9.17) is 14.2 Å². The number of esters is 1. The molecular weight excluding hydrogens is 332 g/mol. The summed E-state index contributed by atoms with van der Waals surface area (Å²) in [6.45, 7) is 3.65. The molecule has 1 atom stereocenters. The second kappa shape index (κ2) is 6.67. The molecule has 0 saturated heterocycles. The van der Waals surface area contributed by atoms with Crippen LogP contribution in [0, 0.1) is 10.1 Å². The summed E-state index contributed by atoms with van der Waals surface area (Å²) in [5, 5.41) is 18.7. The SMILES string of the molecule is CCOC(=O)C1=C(C)N/C(=N/[N+](=O)[O-])N[C@H]1c1ccc2c(c1)OCO2. The van der Waals surface area contributed by atoms with Crippen LogP contribution >= 0.6 is 0 Å². The molecule has 0 fully saturated rings. The molecule has 10 nitrogen and oxygen atoms in total. The zero-order valence-electron chi connectivity index (χ0n) is 13.6. The number of nitrogens with one attached hydrogen (secondary N) is 2. The van der Waals surface area contributed by atoms with Crippen LogP contribution in [0.15, 0.2) is 34.6 Å². The van der Waals surface area contributed by atoms with Crippen molar-refractivity contribution in [3.63, 3.8) is 0 Å². The van der Waals surface area contributed by atoms with Gasteiger partial charge >= 0.3 is 5.97 Å². The third-order valence-corrected chi connectivity index (χ3v) is 3.69. The molecule has 3 rings (SSSR count). The number of hydrazone groups is 1. The first kappa shape index (κ1) is 16.6. The van der Waals surface area contributed by atoms with Gasteiger partial charge in [-0.2, -0.15) is 0 Å². The van der Waals surface area contributed by atoms with Crippen LogP contribution in [-0.2, 0) is 9.53 Å². The number of ether oxygens (including phenoxy) is 3. The van der Waals surface area contributed by atoms with Crippen molar-refractivity contribution in [3.8, 4) is 11.5 Å². The Bertz CT molecular complexity index is 788. The Labute approximate surface area is 142 Å². The lowest BCUT2D eigenvalue weighted by atomic mass is 9.95. The van der Waals surface area contributed by atoms with Gasteiger partial charge in [0.25, 0.3) is 5.96 Å². The summed E-state index contributed by atoms with van der Waals surface area (Å²) in [4.78, 5) is 23.0. The molecular formula is C15H16N4O6. The van der Waals surface area contributed by atoms with E-state index in [1.807, 2.05) is 0 Å². The highest BCUT2D eigenvalue weighted by Gasteiger charge is 2.33. The summed E-state index contributed by atoms with van der Waals surface area (Å²) in [5.74, 6) is 0.530. The van der Waals surface area contributed by atoms with Gasteiger partial charge < -0.3 is 24.8 Å². The zero-order chi connectivity index (χ0) is 18.0. The number of fused-ring (bicyclic) bond motifs is 1. The van der Waals surface area contributed by atoms with E-state index >= 15 is 0 Å². The van der Waals surface area contributed by atoms with Crippen molar-refractivity contribution in [1.82, 2.24) is 10.6 Å². The molecule has 25 heavy (non-hydrogen) atoms. The van der Waals surface area contributed by atoms with Crippen molar-refractivity contribution in [1.29, 1.82) is 0 Å². The van der Waals surface area contributed by atoms with Gasteiger partial charge in [-0.25, -0.2) is 14.9 Å². The molecule has 0 amide bonds. The number of guanidine groups is 1. The molecule has 2 N–H and O–H groups in total. The predicted molar refractivity (Wildman–Crippen MR) is 85.3 cm³/mol. The first-order chi connectivity index (χ1) is 12.0. The molecule has 2 aliphatic heterocycles. The third-order valence-electron chi connectivity index (χ3n) is 3.69. The lowest BCUT2D eigenvalue weighted by Gasteiger charge is -2.29. The highest BCUT2D eigenvalue weighted by atomic mass is 16.7. The second-order valence-corrected chi connectivity index (χ2v) is 5.26. The summed E-state index contributed by atoms with van der Waals surface area (Å²) >= 11 is 0. The number of nitro groups is 1. The van der Waals surface area contributed by atoms with Gasteiger partial charge in [-0.3, -0.25) is 0 Å². The molecule has 0 bridgehead atoms. The summed E-state index contributed by atoms with van der Waals surface area (Å²) in [7, 11) is 0. The molecule has 0 aromatic heterocycles. The van der Waals surface area contributed by atoms with Crippen LogP contribution in [0.4, 0.5) is 0 Å². The first-order valence-electron chi connectivity index (χ1n) is 7.53. The fourth-order valence-corrected chi connectivity index (χ4v) is 2.66. The van der Waals surface area contributed by atoms with Gasteiger partial charge in [0.05, 0.1) is 18.2 Å². The molecule has 0 unspecified atom stereocenters. The average molecular weight is 348 g/mol. The van der Waals surface area contributed by atoms with E-state index in [2.05, 4.69) is 15.7 Å². The summed E-state index contributed by atoms with van der Waals surface area (Å²) < 4.78 is 15.7. The van der Waals surface area contributed by atoms with Crippen LogP contribution in [-0.4, -0.2) is 30.4 Å². The average Bonchev–Trinajstić information content (AvgIpc) is 3.01. The molecule has 1 aromatic carbocycles. The van der Waals surface area contributed by atoms with Crippen LogP contribution in [0.5, 0.6) is 11.5 Å². The molecule has 0 spiro atoms. The van der Waals surface area contributed by atoms with E-state index in [-0.39, 0.29) is 19.4 Å². The number of hydrogen-bond acceptors (Lipinski definition) is 6. The number of allylic oxidation sites excluding steroid dienone is 1. The van der Waals surface area contributed by atoms with Crippen LogP contribution < -0.4 is 20.1 Å². The Balaban J connectivity index is 2.03. The van der Waals surface area contributed by atoms with Crippen LogP contribution in [0.1, 0.15) is 25.5 Å². The fraction of sp³-hybridized carbons (Fsp3) is 0.333. The molecule has 2 heterocycles. The van der Waals surface area contributed by atoms with E-state index in [9.17, 15) is 14.9 Å². The maximum absolute atomic E-state index is 12.4. The van der Waals surface area contributed by atoms with E-state index in [0.29, 0.717) is 28.3 Å². The topological polar surface area (TPSA) is 124 Å². The quantitative estimate of drug-likeness (QED) is 0.470. The van der Waals surface area contributed by atoms with E-state index in [0.717, 1.165) is 0 Å². The Morgan fingerprint density at radius 1 is 1.44 bits per heavy atom. The monoisotopic (exact) mass is 348 g/mol. The molecule has 1 aromatic rings. The lowest BCUT2D eigenvalue weighted by Crippen LogP contribution is -2.46. The minimum Gasteiger partial charge on any atom is -0.463 e. The molecule has 0 radical (unpaired) electrons. The maximum atomic E-state index is 12.4. The first-order valence-corrected chi connectivity index (χ1v) is 7.53. The summed E-state index contributed by atoms with van der Waals surface area (Å²) in [6.07, 6.45) is 0. The summed E-state index contributed by atoms with van der Waals surface area (Å²) in [5.41, 5.74) is 1.38. The number of carbonyl (C=O) groups excluding carboxylic acids is 1. The van der Waals surface area contributed by atoms with Crippen LogP contribution in [0.3, 0.4) is 0 Å². The molecule has 10 heteroatoms. The van der Waals surface area contributed by atoms with E-state index < -0.39 is 17.0 Å². The zero-order valence-corrected chi connectivity index (χ0v) is 13.6. The molecule has 0 saturated carbocycles. The number of hydrogen-bond donors (Lipinski definition) is 2. The van der Waals surface area contributed by atoms with E-state index in [1.165, 1.54) is 0 Å². The number of rotatable bonds is 4. The van der Waals surface area contributed by atoms with Crippen molar-refractivity contribution < 1.29 is 24.0 Å². The smallest absolute Gasteiger partial charge is 0.338 e. The van der Waals surface area contributed by atoms with Gasteiger partial charge in [-0.15, -0.1) is 0 Å². The Morgan fingerprint density at radius 3 is 2.92 bits per heavy atom. The lowest BCUT2D eigenvalue weighted by molar-refractivity contribution is -0.485. The number of nitrogens with zero attached hydrogens (tertiary/aromatic N) is 2. The van der Waals surface area contributed by atoms with Crippen molar-refractivity contribution in [2.24, 2.45) is 5.10 Å². The summed E-state index contributed by atoms with van der Waals surface area (Å²) in [6, 6.07) is 4.48. The van der Waals surface area contributed by atoms with Crippen molar-refractivity contribution in [3.05, 3.63) is 45.1 Å². The minimum absolute atomic E-state index is 0.0711. The second-order valence-electron chi connectivity index (χ2n) is 5.26. The highest BCUT2D eigenvalue weighted by Crippen LogP contribution is 2.37. The Kier molecular flexibility index (Phi) is 4.42. The molecule has 0 aliphatic carbocycles. The van der Waals surface area contributed by atoms with Gasteiger partial charge in [0.15, 0.2) is 16.5 Å². The fourth-order valence-electron chi connectivity index (χ4n) is 2.66. The van der Waals surface area contributed by atoms with Gasteiger partial charge in [0, 0.05) is 5.70 Å².